The summed E-state index contributed by atoms with van der Waals surface area (Å²) in [5.74, 6) is -0.617. The van der Waals surface area contributed by atoms with Gasteiger partial charge >= 0.3 is 11.9 Å². The number of hydrogen-bond donors (Lipinski definition) is 0. The SMILES string of the molecule is CN1CCN(CCCCOc2nn3c4c2OC(=O)/C=C\C(=O)OC4CCC3)CC1. The number of likely N-dealkylation sites (N-methyl/N-ethyl adjacent to an activating group) is 1. The van der Waals surface area contributed by atoms with Crippen molar-refractivity contribution in [1.82, 2.24) is 19.6 Å². The molecule has 4 rings (SSSR count). The van der Waals surface area contributed by atoms with Gasteiger partial charge in [-0.1, -0.05) is 0 Å². The van der Waals surface area contributed by atoms with Crippen LogP contribution < -0.4 is 9.47 Å². The summed E-state index contributed by atoms with van der Waals surface area (Å²) in [5.41, 5.74) is 0.606. The molecule has 9 heteroatoms. The average molecular weight is 404 g/mol. The Labute approximate surface area is 170 Å². The van der Waals surface area contributed by atoms with Crippen LogP contribution in [0.2, 0.25) is 0 Å². The number of carbonyl (C=O) groups excluding carboxylic acids is 2. The van der Waals surface area contributed by atoms with Crippen LogP contribution in [-0.4, -0.2) is 77.9 Å². The molecule has 1 fully saturated rings. The van der Waals surface area contributed by atoms with Crippen LogP contribution in [0.1, 0.15) is 37.5 Å². The Morgan fingerprint density at radius 3 is 2.72 bits per heavy atom. The molecule has 3 aliphatic heterocycles. The largest absolute Gasteiger partial charge is 0.474 e. The molecule has 0 aliphatic carbocycles. The highest BCUT2D eigenvalue weighted by atomic mass is 16.6. The number of aryl methyl sites for hydroxylation is 1. The van der Waals surface area contributed by atoms with Crippen molar-refractivity contribution < 1.29 is 23.8 Å². The van der Waals surface area contributed by atoms with Gasteiger partial charge in [0, 0.05) is 44.9 Å². The van der Waals surface area contributed by atoms with Gasteiger partial charge < -0.3 is 24.0 Å². The van der Waals surface area contributed by atoms with E-state index in [0.29, 0.717) is 31.1 Å². The van der Waals surface area contributed by atoms with Gasteiger partial charge in [0.25, 0.3) is 5.88 Å². The summed E-state index contributed by atoms with van der Waals surface area (Å²) in [6.07, 6.45) is 5.11. The van der Waals surface area contributed by atoms with Crippen LogP contribution in [0.3, 0.4) is 0 Å². The molecule has 9 nitrogen and oxygen atoms in total. The second-order valence-electron chi connectivity index (χ2n) is 7.77. The fourth-order valence-corrected chi connectivity index (χ4v) is 3.91. The van der Waals surface area contributed by atoms with Crippen LogP contribution in [0.25, 0.3) is 0 Å². The number of unbranched alkanes of at least 4 members (excludes halogenated alkanes) is 1. The van der Waals surface area contributed by atoms with Crippen molar-refractivity contribution in [2.75, 3.05) is 46.4 Å². The van der Waals surface area contributed by atoms with E-state index in [4.69, 9.17) is 14.2 Å². The Morgan fingerprint density at radius 1 is 1.10 bits per heavy atom. The lowest BCUT2D eigenvalue weighted by Crippen LogP contribution is -2.44. The van der Waals surface area contributed by atoms with Gasteiger partial charge in [-0.2, -0.15) is 0 Å². The van der Waals surface area contributed by atoms with Gasteiger partial charge in [0.2, 0.25) is 5.75 Å². The maximum atomic E-state index is 12.0. The molecule has 0 amide bonds. The lowest BCUT2D eigenvalue weighted by molar-refractivity contribution is -0.144. The molecule has 0 aromatic carbocycles. The van der Waals surface area contributed by atoms with Gasteiger partial charge in [-0.25, -0.2) is 9.59 Å². The number of rotatable bonds is 6. The van der Waals surface area contributed by atoms with Crippen molar-refractivity contribution in [3.05, 3.63) is 17.8 Å². The van der Waals surface area contributed by atoms with E-state index in [1.165, 1.54) is 0 Å². The second kappa shape index (κ2) is 8.96. The molecule has 4 heterocycles. The van der Waals surface area contributed by atoms with Crippen molar-refractivity contribution in [3.8, 4) is 11.6 Å². The zero-order chi connectivity index (χ0) is 20.2. The molecule has 1 atom stereocenters. The van der Waals surface area contributed by atoms with Gasteiger partial charge in [0.1, 0.15) is 11.8 Å². The molecule has 3 aliphatic rings. The van der Waals surface area contributed by atoms with E-state index in [-0.39, 0.29) is 5.75 Å². The number of aromatic nitrogens is 2. The number of hydrogen-bond acceptors (Lipinski definition) is 8. The maximum Gasteiger partial charge on any atom is 0.336 e. The smallest absolute Gasteiger partial charge is 0.336 e. The van der Waals surface area contributed by atoms with Crippen LogP contribution in [0.5, 0.6) is 11.6 Å². The van der Waals surface area contributed by atoms with Gasteiger partial charge in [-0.15, -0.1) is 5.10 Å². The molecule has 0 spiro atoms. The van der Waals surface area contributed by atoms with E-state index in [1.807, 2.05) is 0 Å². The van der Waals surface area contributed by atoms with Crippen molar-refractivity contribution >= 4 is 11.9 Å². The molecule has 1 aromatic rings. The zero-order valence-electron chi connectivity index (χ0n) is 16.8. The van der Waals surface area contributed by atoms with Crippen LogP contribution in [-0.2, 0) is 20.9 Å². The van der Waals surface area contributed by atoms with Gasteiger partial charge in [-0.3, -0.25) is 4.68 Å². The summed E-state index contributed by atoms with van der Waals surface area (Å²) >= 11 is 0. The number of ether oxygens (including phenoxy) is 3. The summed E-state index contributed by atoms with van der Waals surface area (Å²) in [5, 5.41) is 4.47. The minimum atomic E-state index is -0.635. The van der Waals surface area contributed by atoms with E-state index >= 15 is 0 Å². The maximum absolute atomic E-state index is 12.0. The lowest BCUT2D eigenvalue weighted by atomic mass is 10.1. The fourth-order valence-electron chi connectivity index (χ4n) is 3.91. The number of nitrogens with zero attached hydrogens (tertiary/aromatic N) is 4. The molecule has 1 saturated heterocycles. The molecule has 29 heavy (non-hydrogen) atoms. The molecule has 158 valence electrons. The Hall–Kier alpha value is -2.39. The Kier molecular flexibility index (Phi) is 6.15. The summed E-state index contributed by atoms with van der Waals surface area (Å²) in [6, 6.07) is 0. The highest BCUT2D eigenvalue weighted by Gasteiger charge is 2.34. The highest BCUT2D eigenvalue weighted by Crippen LogP contribution is 2.41. The van der Waals surface area contributed by atoms with Crippen LogP contribution >= 0.6 is 0 Å². The fraction of sp³-hybridized carbons (Fsp3) is 0.650. The molecule has 0 N–H and O–H groups in total. The molecule has 0 radical (unpaired) electrons. The average Bonchev–Trinajstić information content (AvgIpc) is 3.07. The first-order valence-electron chi connectivity index (χ1n) is 10.3. The third-order valence-corrected chi connectivity index (χ3v) is 5.58. The topological polar surface area (TPSA) is 86.1 Å². The predicted molar refractivity (Wildman–Crippen MR) is 104 cm³/mol. The van der Waals surface area contributed by atoms with Crippen molar-refractivity contribution in [2.24, 2.45) is 0 Å². The predicted octanol–water partition coefficient (Wildman–Crippen LogP) is 1.14. The second-order valence-corrected chi connectivity index (χ2v) is 7.77. The molecular formula is C20H28N4O5. The van der Waals surface area contributed by atoms with E-state index in [9.17, 15) is 9.59 Å². The zero-order valence-corrected chi connectivity index (χ0v) is 16.8. The summed E-state index contributed by atoms with van der Waals surface area (Å²) in [6.45, 7) is 6.68. The van der Waals surface area contributed by atoms with Gasteiger partial charge in [0.05, 0.1) is 6.61 Å². The first kappa shape index (κ1) is 19.9. The van der Waals surface area contributed by atoms with Crippen LogP contribution in [0.4, 0.5) is 0 Å². The van der Waals surface area contributed by atoms with Crippen molar-refractivity contribution in [3.63, 3.8) is 0 Å². The first-order valence-corrected chi connectivity index (χ1v) is 10.3. The normalized spacial score (nSPS) is 24.0. The number of carbonyl (C=O) groups is 2. The minimum absolute atomic E-state index is 0.276. The summed E-state index contributed by atoms with van der Waals surface area (Å²) in [4.78, 5) is 28.7. The summed E-state index contributed by atoms with van der Waals surface area (Å²) < 4.78 is 18.6. The molecular weight excluding hydrogens is 376 g/mol. The van der Waals surface area contributed by atoms with Crippen LogP contribution in [0, 0.1) is 0 Å². The number of esters is 2. The minimum Gasteiger partial charge on any atom is -0.474 e. The lowest BCUT2D eigenvalue weighted by Gasteiger charge is -2.32. The van der Waals surface area contributed by atoms with Gasteiger partial charge in [-0.05, 0) is 39.3 Å². The monoisotopic (exact) mass is 404 g/mol. The van der Waals surface area contributed by atoms with E-state index in [2.05, 4.69) is 21.9 Å². The van der Waals surface area contributed by atoms with Crippen molar-refractivity contribution in [1.29, 1.82) is 0 Å². The van der Waals surface area contributed by atoms with Crippen molar-refractivity contribution in [2.45, 2.75) is 38.3 Å². The standard InChI is InChI=1S/C20H28N4O5/c1-22-10-12-23(13-11-22)8-2-3-14-27-20-19-18-15(5-4-9-24(18)21-20)28-16(25)6-7-17(26)29-19/h6-7,15H,2-5,8-14H2,1H3/b7-6-. The highest BCUT2D eigenvalue weighted by molar-refractivity contribution is 5.93. The Bertz CT molecular complexity index is 782. The third-order valence-electron chi connectivity index (χ3n) is 5.58. The number of piperazine rings is 1. The third kappa shape index (κ3) is 4.79. The van der Waals surface area contributed by atoms with Crippen LogP contribution in [0.15, 0.2) is 12.2 Å². The van der Waals surface area contributed by atoms with E-state index in [1.54, 1.807) is 4.68 Å². The van der Waals surface area contributed by atoms with E-state index in [0.717, 1.165) is 64.1 Å². The Morgan fingerprint density at radius 2 is 1.90 bits per heavy atom. The van der Waals surface area contributed by atoms with E-state index < -0.39 is 18.0 Å². The molecule has 0 saturated carbocycles. The first-order chi connectivity index (χ1) is 14.1. The summed E-state index contributed by atoms with van der Waals surface area (Å²) in [7, 11) is 2.16. The quantitative estimate of drug-likeness (QED) is 0.515. The molecule has 1 aromatic heterocycles. The molecule has 0 bridgehead atoms. The van der Waals surface area contributed by atoms with Gasteiger partial charge in [0.15, 0.2) is 0 Å². The molecule has 1 unspecified atom stereocenters. The Balaban J connectivity index is 1.37.